The minimum absolute atomic E-state index is 0.0648. The fraction of sp³-hybridized carbons (Fsp3) is 0.650. The van der Waals surface area contributed by atoms with Crippen molar-refractivity contribution in [3.63, 3.8) is 0 Å². The van der Waals surface area contributed by atoms with Crippen molar-refractivity contribution < 1.29 is 14.3 Å². The highest BCUT2D eigenvalue weighted by Gasteiger charge is 2.51. The number of alkyl halides is 1. The average molecular weight is 378 g/mol. The van der Waals surface area contributed by atoms with Crippen molar-refractivity contribution >= 4 is 5.91 Å². The summed E-state index contributed by atoms with van der Waals surface area (Å²) in [7, 11) is 0. The van der Waals surface area contributed by atoms with Gasteiger partial charge in [0.05, 0.1) is 24.2 Å². The molecule has 2 saturated heterocycles. The van der Waals surface area contributed by atoms with Crippen LogP contribution in [0.4, 0.5) is 4.39 Å². The van der Waals surface area contributed by atoms with E-state index in [0.29, 0.717) is 0 Å². The van der Waals surface area contributed by atoms with Gasteiger partial charge in [0.1, 0.15) is 6.67 Å². The zero-order chi connectivity index (χ0) is 19.9. The van der Waals surface area contributed by atoms with E-state index in [1.807, 2.05) is 5.01 Å². The van der Waals surface area contributed by atoms with Crippen molar-refractivity contribution in [2.75, 3.05) is 6.67 Å². The molecule has 1 amide bonds. The normalized spacial score (nSPS) is 30.3. The Morgan fingerprint density at radius 2 is 1.85 bits per heavy atom. The van der Waals surface area contributed by atoms with Crippen LogP contribution in [0.25, 0.3) is 0 Å². The Kier molecular flexibility index (Phi) is 5.59. The van der Waals surface area contributed by atoms with Crippen LogP contribution in [0, 0.1) is 11.8 Å². The van der Waals surface area contributed by atoms with Gasteiger partial charge in [-0.05, 0) is 22.5 Å². The number of fused-ring (bicyclic) bond motifs is 1. The maximum absolute atomic E-state index is 13.6. The van der Waals surface area contributed by atoms with Crippen LogP contribution < -0.4 is 16.1 Å². The van der Waals surface area contributed by atoms with Crippen LogP contribution in [0.15, 0.2) is 24.3 Å². The number of nitrogens with one attached hydrogen (secondary N) is 3. The molecule has 7 heteroatoms. The summed E-state index contributed by atoms with van der Waals surface area (Å²) in [5, 5.41) is 17.3. The Hall–Kier alpha value is -1.54. The third kappa shape index (κ3) is 3.87. The highest BCUT2D eigenvalue weighted by atomic mass is 19.1. The first-order valence-electron chi connectivity index (χ1n) is 9.59. The lowest BCUT2D eigenvalue weighted by Crippen LogP contribution is -2.65. The van der Waals surface area contributed by atoms with Gasteiger partial charge in [-0.15, -0.1) is 0 Å². The molecule has 1 aromatic rings. The molecule has 6 nitrogen and oxygen atoms in total. The first-order chi connectivity index (χ1) is 12.6. The molecule has 1 aromatic carbocycles. The Balaban J connectivity index is 1.93. The maximum Gasteiger partial charge on any atom is 0.230 e. The molecule has 150 valence electrons. The zero-order valence-electron chi connectivity index (χ0n) is 16.7. The van der Waals surface area contributed by atoms with Crippen LogP contribution in [0.3, 0.4) is 0 Å². The highest BCUT2D eigenvalue weighted by molar-refractivity contribution is 5.81. The number of carbonyl (C=O) groups excluding carboxylic acids is 1. The Morgan fingerprint density at radius 1 is 1.22 bits per heavy atom. The van der Waals surface area contributed by atoms with Crippen LogP contribution in [0.2, 0.25) is 0 Å². The summed E-state index contributed by atoms with van der Waals surface area (Å²) >= 11 is 0. The second kappa shape index (κ2) is 7.47. The lowest BCUT2D eigenvalue weighted by Gasteiger charge is -2.40. The summed E-state index contributed by atoms with van der Waals surface area (Å²) in [6, 6.07) is 7.76. The van der Waals surface area contributed by atoms with Crippen molar-refractivity contribution in [3.05, 3.63) is 35.4 Å². The summed E-state index contributed by atoms with van der Waals surface area (Å²) in [4.78, 5) is 12.3. The van der Waals surface area contributed by atoms with Gasteiger partial charge in [-0.2, -0.15) is 0 Å². The Bertz CT molecular complexity index is 674. The van der Waals surface area contributed by atoms with Gasteiger partial charge < -0.3 is 10.4 Å². The molecule has 5 atom stereocenters. The second-order valence-electron chi connectivity index (χ2n) is 8.91. The van der Waals surface area contributed by atoms with Crippen LogP contribution in [-0.2, 0) is 10.2 Å². The summed E-state index contributed by atoms with van der Waals surface area (Å²) in [5.41, 5.74) is 5.58. The first kappa shape index (κ1) is 20.2. The number of aliphatic hydroxyl groups is 1. The molecule has 2 fully saturated rings. The molecule has 2 aliphatic rings. The van der Waals surface area contributed by atoms with Crippen LogP contribution in [0.1, 0.15) is 51.8 Å². The topological polar surface area (TPSA) is 76.6 Å². The average Bonchev–Trinajstić information content (AvgIpc) is 2.93. The molecular weight excluding hydrogens is 347 g/mol. The second-order valence-corrected chi connectivity index (χ2v) is 8.91. The molecule has 0 radical (unpaired) electrons. The minimum Gasteiger partial charge on any atom is -0.361 e. The number of benzene rings is 1. The summed E-state index contributed by atoms with van der Waals surface area (Å²) < 4.78 is 13.6. The van der Waals surface area contributed by atoms with Gasteiger partial charge in [0.25, 0.3) is 0 Å². The molecule has 0 aliphatic carbocycles. The fourth-order valence-corrected chi connectivity index (χ4v) is 4.12. The van der Waals surface area contributed by atoms with Gasteiger partial charge in [-0.1, -0.05) is 58.9 Å². The van der Waals surface area contributed by atoms with E-state index in [0.717, 1.165) is 5.56 Å². The fourth-order valence-electron chi connectivity index (χ4n) is 4.12. The number of hydrazine groups is 1. The smallest absolute Gasteiger partial charge is 0.230 e. The van der Waals surface area contributed by atoms with E-state index in [4.69, 9.17) is 0 Å². The number of rotatable bonds is 4. The van der Waals surface area contributed by atoms with Crippen LogP contribution in [0.5, 0.6) is 0 Å². The number of hydrogen-bond donors (Lipinski definition) is 4. The summed E-state index contributed by atoms with van der Waals surface area (Å²) in [6.45, 7) is 10.1. The van der Waals surface area contributed by atoms with Crippen LogP contribution >= 0.6 is 0 Å². The molecule has 27 heavy (non-hydrogen) atoms. The molecule has 0 aromatic heterocycles. The maximum atomic E-state index is 13.6. The van der Waals surface area contributed by atoms with Gasteiger partial charge in [0.15, 0.2) is 6.35 Å². The predicted molar refractivity (Wildman–Crippen MR) is 102 cm³/mol. The SMILES string of the molecule is CC(C)[C@@H](c1ccc(C(C)(C)C)cc1)N1NC(CF)C2C(=O)NC(O)NC21. The lowest BCUT2D eigenvalue weighted by molar-refractivity contribution is -0.137. The van der Waals surface area contributed by atoms with E-state index in [9.17, 15) is 14.3 Å². The monoisotopic (exact) mass is 378 g/mol. The number of amides is 1. The number of halogens is 1. The molecule has 0 spiro atoms. The summed E-state index contributed by atoms with van der Waals surface area (Å²) in [6.07, 6.45) is -1.62. The molecule has 2 aliphatic heterocycles. The first-order valence-corrected chi connectivity index (χ1v) is 9.59. The Morgan fingerprint density at radius 3 is 2.37 bits per heavy atom. The van der Waals surface area contributed by atoms with Crippen molar-refractivity contribution in [1.29, 1.82) is 0 Å². The molecular formula is C20H31FN4O2. The van der Waals surface area contributed by atoms with Crippen molar-refractivity contribution in [2.24, 2.45) is 11.8 Å². The number of carbonyl (C=O) groups is 1. The van der Waals surface area contributed by atoms with E-state index in [-0.39, 0.29) is 23.3 Å². The van der Waals surface area contributed by atoms with Gasteiger partial charge in [-0.3, -0.25) is 10.1 Å². The molecule has 3 rings (SSSR count). The standard InChI is InChI=1S/C20H31FN4O2/c1-11(2)16(12-6-8-13(9-7-12)20(3,4)5)25-17-15(14(10-21)24-25)18(26)23-19(27)22-17/h6-9,11,14-17,19,22,24,27H,10H2,1-5H3,(H,23,26)/t14?,15?,16-,17?,19?/m0/s1. The van der Waals surface area contributed by atoms with E-state index >= 15 is 0 Å². The minimum atomic E-state index is -1.14. The number of aliphatic hydroxyl groups excluding tert-OH is 1. The Labute approximate surface area is 160 Å². The number of hydrogen-bond acceptors (Lipinski definition) is 5. The van der Waals surface area contributed by atoms with Gasteiger partial charge in [0.2, 0.25) is 5.91 Å². The van der Waals surface area contributed by atoms with Crippen molar-refractivity contribution in [2.45, 2.75) is 64.6 Å². The van der Waals surface area contributed by atoms with Gasteiger partial charge >= 0.3 is 0 Å². The zero-order valence-corrected chi connectivity index (χ0v) is 16.7. The third-order valence-corrected chi connectivity index (χ3v) is 5.51. The van der Waals surface area contributed by atoms with Crippen molar-refractivity contribution in [3.8, 4) is 0 Å². The highest BCUT2D eigenvalue weighted by Crippen LogP contribution is 2.36. The molecule has 0 bridgehead atoms. The van der Waals surface area contributed by atoms with E-state index in [1.165, 1.54) is 5.56 Å². The molecule has 4 N–H and O–H groups in total. The quantitative estimate of drug-likeness (QED) is 0.643. The van der Waals surface area contributed by atoms with Crippen LogP contribution in [-0.4, -0.2) is 41.3 Å². The van der Waals surface area contributed by atoms with Gasteiger partial charge in [-0.25, -0.2) is 14.8 Å². The predicted octanol–water partition coefficient (Wildman–Crippen LogP) is 1.78. The van der Waals surface area contributed by atoms with Crippen molar-refractivity contribution in [1.82, 2.24) is 21.1 Å². The third-order valence-electron chi connectivity index (χ3n) is 5.51. The molecule has 2 heterocycles. The van der Waals surface area contributed by atoms with Gasteiger partial charge in [0, 0.05) is 0 Å². The largest absolute Gasteiger partial charge is 0.361 e. The van der Waals surface area contributed by atoms with E-state index in [1.54, 1.807) is 0 Å². The summed E-state index contributed by atoms with van der Waals surface area (Å²) in [5.74, 6) is -0.732. The lowest BCUT2D eigenvalue weighted by atomic mass is 9.85. The molecule has 4 unspecified atom stereocenters. The van der Waals surface area contributed by atoms with E-state index < -0.39 is 31.2 Å². The molecule has 0 saturated carbocycles. The number of nitrogens with zero attached hydrogens (tertiary/aromatic N) is 1. The van der Waals surface area contributed by atoms with E-state index in [2.05, 4.69) is 74.9 Å².